The number of nitrogens with one attached hydrogen (secondary N) is 1. The molecule has 0 heterocycles. The molecule has 0 aliphatic rings. The van der Waals surface area contributed by atoms with E-state index < -0.39 is 0 Å². The number of hydrogen-bond donors (Lipinski definition) is 1. The number of terminal acetylenes is 1. The van der Waals surface area contributed by atoms with Crippen molar-refractivity contribution in [3.8, 4) is 12.3 Å². The lowest BCUT2D eigenvalue weighted by Crippen LogP contribution is -2.16. The van der Waals surface area contributed by atoms with E-state index in [2.05, 4.69) is 17.5 Å². The van der Waals surface area contributed by atoms with E-state index in [4.69, 9.17) is 6.42 Å². The van der Waals surface area contributed by atoms with Gasteiger partial charge in [-0.1, -0.05) is 5.92 Å². The van der Waals surface area contributed by atoms with Gasteiger partial charge in [-0.3, -0.25) is 0 Å². The molecule has 0 aliphatic heterocycles. The molecule has 1 nitrogen and oxygen atoms in total. The van der Waals surface area contributed by atoms with Crippen LogP contribution in [0.5, 0.6) is 0 Å². The van der Waals surface area contributed by atoms with Gasteiger partial charge in [0, 0.05) is 12.3 Å². The molecule has 0 aromatic carbocycles. The van der Waals surface area contributed by atoms with Gasteiger partial charge in [-0.15, -0.1) is 6.42 Å². The molecule has 0 saturated heterocycles. The third kappa shape index (κ3) is 5.87. The fourth-order valence-electron chi connectivity index (χ4n) is 0.335. The first-order valence-corrected chi connectivity index (χ1v) is 3.94. The van der Waals surface area contributed by atoms with Gasteiger partial charge >= 0.3 is 0 Å². The van der Waals surface area contributed by atoms with Crippen molar-refractivity contribution < 1.29 is 0 Å². The Morgan fingerprint density at radius 3 is 3.00 bits per heavy atom. The molecular weight excluding hydrogens is 118 g/mol. The van der Waals surface area contributed by atoms with Gasteiger partial charge in [0.25, 0.3) is 0 Å². The molecule has 0 aromatic heterocycles. The van der Waals surface area contributed by atoms with E-state index in [0.717, 1.165) is 12.3 Å². The normalized spacial score (nSPS) is 8.50. The Labute approximate surface area is 55.2 Å². The molecule has 46 valence electrons. The molecule has 0 unspecified atom stereocenters. The highest BCUT2D eigenvalue weighted by Gasteiger charge is 1.79. The van der Waals surface area contributed by atoms with Crippen LogP contribution in [0, 0.1) is 12.3 Å². The largest absolute Gasteiger partial charge is 0.305 e. The van der Waals surface area contributed by atoms with Gasteiger partial charge in [-0.05, 0) is 6.26 Å². The number of hydrogen-bond acceptors (Lipinski definition) is 2. The smallest absolute Gasteiger partial charge is 0.0574 e. The molecule has 1 N–H and O–H groups in total. The second-order valence-electron chi connectivity index (χ2n) is 1.37. The molecule has 0 radical (unpaired) electrons. The highest BCUT2D eigenvalue weighted by molar-refractivity contribution is 7.98. The third-order valence-corrected chi connectivity index (χ3v) is 1.32. The zero-order valence-corrected chi connectivity index (χ0v) is 5.92. The zero-order chi connectivity index (χ0) is 6.24. The van der Waals surface area contributed by atoms with Crippen LogP contribution in [0.3, 0.4) is 0 Å². The van der Waals surface area contributed by atoms with Gasteiger partial charge < -0.3 is 5.32 Å². The average molecular weight is 129 g/mol. The van der Waals surface area contributed by atoms with Crippen LogP contribution in [0.1, 0.15) is 0 Å². The van der Waals surface area contributed by atoms with Crippen LogP contribution >= 0.6 is 11.8 Å². The Hall–Kier alpha value is -0.130. The molecule has 0 fully saturated rings. The minimum absolute atomic E-state index is 0.695. The molecule has 0 amide bonds. The van der Waals surface area contributed by atoms with Crippen molar-refractivity contribution in [1.29, 1.82) is 0 Å². The predicted molar refractivity (Wildman–Crippen MR) is 40.1 cm³/mol. The maximum Gasteiger partial charge on any atom is 0.0574 e. The summed E-state index contributed by atoms with van der Waals surface area (Å²) in [6, 6.07) is 0. The van der Waals surface area contributed by atoms with Crippen LogP contribution in [-0.2, 0) is 0 Å². The number of rotatable bonds is 4. The molecule has 0 spiro atoms. The summed E-state index contributed by atoms with van der Waals surface area (Å²) in [5.74, 6) is 3.65. The lowest BCUT2D eigenvalue weighted by molar-refractivity contribution is 0.819. The van der Waals surface area contributed by atoms with Crippen LogP contribution < -0.4 is 5.32 Å². The van der Waals surface area contributed by atoms with E-state index in [0.29, 0.717) is 6.54 Å². The molecule has 0 rings (SSSR count). The van der Waals surface area contributed by atoms with Gasteiger partial charge in [-0.25, -0.2) is 0 Å². The van der Waals surface area contributed by atoms with E-state index in [1.54, 1.807) is 0 Å². The van der Waals surface area contributed by atoms with Crippen molar-refractivity contribution in [1.82, 2.24) is 5.32 Å². The van der Waals surface area contributed by atoms with Crippen LogP contribution in [0.25, 0.3) is 0 Å². The standard InChI is InChI=1S/C6H11NS/c1-3-4-7-5-6-8-2/h1,7H,4-6H2,2H3. The van der Waals surface area contributed by atoms with Crippen molar-refractivity contribution in [2.75, 3.05) is 25.1 Å². The Morgan fingerprint density at radius 1 is 1.75 bits per heavy atom. The fourth-order valence-corrected chi connectivity index (χ4v) is 0.683. The SMILES string of the molecule is C#CCNCCSC. The Kier molecular flexibility index (Phi) is 6.76. The first-order chi connectivity index (χ1) is 3.91. The molecule has 0 saturated carbocycles. The van der Waals surface area contributed by atoms with Crippen LogP contribution in [-0.4, -0.2) is 25.1 Å². The van der Waals surface area contributed by atoms with Crippen molar-refractivity contribution in [2.45, 2.75) is 0 Å². The Balaban J connectivity index is 2.65. The van der Waals surface area contributed by atoms with E-state index in [1.165, 1.54) is 0 Å². The summed E-state index contributed by atoms with van der Waals surface area (Å²) in [5, 5.41) is 3.08. The second-order valence-corrected chi connectivity index (χ2v) is 2.36. The predicted octanol–water partition coefficient (Wildman–Crippen LogP) is 0.572. The zero-order valence-electron chi connectivity index (χ0n) is 5.11. The van der Waals surface area contributed by atoms with Crippen molar-refractivity contribution in [2.24, 2.45) is 0 Å². The second kappa shape index (κ2) is 6.87. The minimum Gasteiger partial charge on any atom is -0.305 e. The summed E-state index contributed by atoms with van der Waals surface area (Å²) < 4.78 is 0. The van der Waals surface area contributed by atoms with E-state index in [-0.39, 0.29) is 0 Å². The molecule has 2 heteroatoms. The Bertz CT molecular complexity index is 75.1. The summed E-state index contributed by atoms with van der Waals surface area (Å²) in [7, 11) is 0. The molecule has 0 aliphatic carbocycles. The van der Waals surface area contributed by atoms with Crippen LogP contribution in [0.2, 0.25) is 0 Å². The first-order valence-electron chi connectivity index (χ1n) is 2.55. The van der Waals surface area contributed by atoms with Crippen molar-refractivity contribution in [3.63, 3.8) is 0 Å². The molecule has 0 atom stereocenters. The van der Waals surface area contributed by atoms with E-state index in [9.17, 15) is 0 Å². The monoisotopic (exact) mass is 129 g/mol. The summed E-state index contributed by atoms with van der Waals surface area (Å²) in [6.07, 6.45) is 7.07. The highest BCUT2D eigenvalue weighted by Crippen LogP contribution is 1.85. The van der Waals surface area contributed by atoms with Gasteiger partial charge in [0.1, 0.15) is 0 Å². The molecule has 0 bridgehead atoms. The van der Waals surface area contributed by atoms with E-state index in [1.807, 2.05) is 11.8 Å². The summed E-state index contributed by atoms with van der Waals surface area (Å²) in [4.78, 5) is 0. The summed E-state index contributed by atoms with van der Waals surface area (Å²) >= 11 is 1.82. The highest BCUT2D eigenvalue weighted by atomic mass is 32.2. The maximum absolute atomic E-state index is 4.99. The first kappa shape index (κ1) is 7.87. The van der Waals surface area contributed by atoms with Crippen LogP contribution in [0.4, 0.5) is 0 Å². The quantitative estimate of drug-likeness (QED) is 0.440. The van der Waals surface area contributed by atoms with Crippen molar-refractivity contribution in [3.05, 3.63) is 0 Å². The topological polar surface area (TPSA) is 12.0 Å². The van der Waals surface area contributed by atoms with Gasteiger partial charge in [-0.2, -0.15) is 11.8 Å². The lowest BCUT2D eigenvalue weighted by atomic mass is 10.6. The number of thioether (sulfide) groups is 1. The molecule has 8 heavy (non-hydrogen) atoms. The van der Waals surface area contributed by atoms with Crippen LogP contribution in [0.15, 0.2) is 0 Å². The summed E-state index contributed by atoms with van der Waals surface area (Å²) in [6.45, 7) is 1.71. The molecule has 0 aromatic rings. The third-order valence-electron chi connectivity index (χ3n) is 0.710. The van der Waals surface area contributed by atoms with Gasteiger partial charge in [0.05, 0.1) is 6.54 Å². The fraction of sp³-hybridized carbons (Fsp3) is 0.667. The average Bonchev–Trinajstić information content (AvgIpc) is 1.81. The van der Waals surface area contributed by atoms with Gasteiger partial charge in [0.2, 0.25) is 0 Å². The lowest BCUT2D eigenvalue weighted by Gasteiger charge is -1.94. The van der Waals surface area contributed by atoms with Crippen molar-refractivity contribution >= 4 is 11.8 Å². The minimum atomic E-state index is 0.695. The van der Waals surface area contributed by atoms with Gasteiger partial charge in [0.15, 0.2) is 0 Å². The Morgan fingerprint density at radius 2 is 2.50 bits per heavy atom. The maximum atomic E-state index is 4.99. The molecular formula is C6H11NS. The van der Waals surface area contributed by atoms with E-state index >= 15 is 0 Å². The summed E-state index contributed by atoms with van der Waals surface area (Å²) in [5.41, 5.74) is 0.